The second-order valence-corrected chi connectivity index (χ2v) is 6.23. The predicted molar refractivity (Wildman–Crippen MR) is 59.5 cm³/mol. The summed E-state index contributed by atoms with van der Waals surface area (Å²) < 4.78 is 4.17. The van der Waals surface area contributed by atoms with Gasteiger partial charge < -0.3 is 4.74 Å². The van der Waals surface area contributed by atoms with Gasteiger partial charge in [0.1, 0.15) is 0 Å². The molecule has 0 bridgehead atoms. The lowest BCUT2D eigenvalue weighted by atomic mass is 10.1. The third-order valence-electron chi connectivity index (χ3n) is 2.43. The van der Waals surface area contributed by atoms with Gasteiger partial charge in [0.05, 0.1) is 13.4 Å². The fourth-order valence-corrected chi connectivity index (χ4v) is 2.40. The number of rotatable bonds is 5. The molecule has 0 radical (unpaired) electrons. The van der Waals surface area contributed by atoms with Crippen molar-refractivity contribution in [3.63, 3.8) is 0 Å². The van der Waals surface area contributed by atoms with Crippen LogP contribution >= 0.6 is 0 Å². The first-order chi connectivity index (χ1) is 6.36. The van der Waals surface area contributed by atoms with Crippen LogP contribution in [0.3, 0.4) is 0 Å². The minimum atomic E-state index is -0.414. The maximum atomic E-state index is 11.6. The topological polar surface area (TPSA) is 43.4 Å². The zero-order valence-electron chi connectivity index (χ0n) is 9.55. The summed E-state index contributed by atoms with van der Waals surface area (Å²) in [5.74, 6) is 0.287. The van der Waals surface area contributed by atoms with Gasteiger partial charge >= 0.3 is 5.97 Å². The van der Waals surface area contributed by atoms with Crippen molar-refractivity contribution in [1.82, 2.24) is 0 Å². The summed E-state index contributed by atoms with van der Waals surface area (Å²) in [5, 5.41) is 0. The molecule has 0 saturated carbocycles. The molecule has 0 saturated heterocycles. The van der Waals surface area contributed by atoms with E-state index in [0.717, 1.165) is 0 Å². The third-order valence-corrected chi connectivity index (χ3v) is 5.06. The smallest absolute Gasteiger partial charge is 0.356 e. The van der Waals surface area contributed by atoms with E-state index in [4.69, 9.17) is 0 Å². The number of carbonyl (C=O) groups excluding carboxylic acids is 2. The Bertz CT molecular complexity index is 223. The Morgan fingerprint density at radius 2 is 1.86 bits per heavy atom. The lowest BCUT2D eigenvalue weighted by molar-refractivity contribution is -0.137. The van der Waals surface area contributed by atoms with E-state index in [1.54, 1.807) is 0 Å². The minimum absolute atomic E-state index is 0.201. The van der Waals surface area contributed by atoms with Gasteiger partial charge in [-0.1, -0.05) is 6.92 Å². The molecule has 0 aromatic heterocycles. The van der Waals surface area contributed by atoms with Gasteiger partial charge in [0, 0.05) is 17.3 Å². The van der Waals surface area contributed by atoms with Crippen molar-refractivity contribution in [2.45, 2.75) is 31.9 Å². The number of hydrogen-bond donors (Lipinski definition) is 0. The summed E-state index contributed by atoms with van der Waals surface area (Å²) in [4.78, 5) is 22.7. The van der Waals surface area contributed by atoms with Gasteiger partial charge in [-0.15, -0.1) is 0 Å². The van der Waals surface area contributed by atoms with E-state index in [1.807, 2.05) is 27.0 Å². The number of ether oxygens (including phenoxy) is 1. The Labute approximate surface area is 88.6 Å². The van der Waals surface area contributed by atoms with Gasteiger partial charge in [-0.25, -0.2) is 4.79 Å². The van der Waals surface area contributed by atoms with Gasteiger partial charge in [-0.2, -0.15) is 0 Å². The van der Waals surface area contributed by atoms with E-state index in [-0.39, 0.29) is 22.6 Å². The van der Waals surface area contributed by atoms with Gasteiger partial charge in [-0.3, -0.25) is 4.79 Å². The van der Waals surface area contributed by atoms with Crippen LogP contribution in [0.25, 0.3) is 0 Å². The number of Topliss-reactive ketones (excluding diaryl/α,β-unsaturated/α-hetero) is 1. The normalized spacial score (nSPS) is 13.5. The molecule has 0 amide bonds. The van der Waals surface area contributed by atoms with Crippen LogP contribution in [0.2, 0.25) is 0 Å². The molecule has 0 rings (SSSR count). The van der Waals surface area contributed by atoms with E-state index in [1.165, 1.54) is 7.11 Å². The average molecular weight is 219 g/mol. The molecule has 0 N–H and O–H groups in total. The highest BCUT2D eigenvalue weighted by molar-refractivity contribution is 7.98. The third kappa shape index (κ3) is 3.33. The average Bonchev–Trinajstić information content (AvgIpc) is 2.15. The summed E-state index contributed by atoms with van der Waals surface area (Å²) in [6.07, 6.45) is 2.45. The van der Waals surface area contributed by atoms with Crippen LogP contribution in [-0.2, 0) is 25.2 Å². The highest BCUT2D eigenvalue weighted by Crippen LogP contribution is 2.20. The molecule has 3 nitrogen and oxygen atoms in total. The molecule has 14 heavy (non-hydrogen) atoms. The maximum Gasteiger partial charge on any atom is 0.356 e. The molecular weight excluding hydrogens is 200 g/mol. The van der Waals surface area contributed by atoms with Crippen LogP contribution in [0.1, 0.15) is 27.2 Å². The summed E-state index contributed by atoms with van der Waals surface area (Å²) >= 11 is 0. The maximum absolute atomic E-state index is 11.6. The van der Waals surface area contributed by atoms with Crippen LogP contribution in [0.5, 0.6) is 0 Å². The summed E-state index contributed by atoms with van der Waals surface area (Å²) in [7, 11) is 1.10. The zero-order chi connectivity index (χ0) is 11.4. The molecular formula is C10H19O3S+. The van der Waals surface area contributed by atoms with E-state index < -0.39 is 4.75 Å². The Morgan fingerprint density at radius 3 is 2.21 bits per heavy atom. The second-order valence-electron chi connectivity index (χ2n) is 3.64. The lowest BCUT2D eigenvalue weighted by Gasteiger charge is -2.20. The molecule has 0 aromatic rings. The number of esters is 1. The quantitative estimate of drug-likeness (QED) is 0.515. The van der Waals surface area contributed by atoms with E-state index in [0.29, 0.717) is 12.2 Å². The molecule has 4 heteroatoms. The minimum Gasteiger partial charge on any atom is -0.466 e. The Balaban J connectivity index is 4.42. The highest BCUT2D eigenvalue weighted by Gasteiger charge is 2.42. The molecule has 0 fully saturated rings. The van der Waals surface area contributed by atoms with Crippen LogP contribution in [-0.4, -0.2) is 35.6 Å². The zero-order valence-corrected chi connectivity index (χ0v) is 10.4. The van der Waals surface area contributed by atoms with Gasteiger partial charge in [0.15, 0.2) is 10.5 Å². The highest BCUT2D eigenvalue weighted by atomic mass is 32.2. The Kier molecular flexibility index (Phi) is 5.19. The van der Waals surface area contributed by atoms with E-state index in [2.05, 4.69) is 4.74 Å². The standard InChI is InChI=1S/C10H19O3S/c1-6-8(11)10(2,3)14(5)7-9(12)13-4/h6-7H2,1-5H3/q+1. The number of methoxy groups -OCH3 is 1. The van der Waals surface area contributed by atoms with Crippen LogP contribution in [0.15, 0.2) is 0 Å². The summed E-state index contributed by atoms with van der Waals surface area (Å²) in [6.45, 7) is 5.63. The molecule has 1 unspecified atom stereocenters. The van der Waals surface area contributed by atoms with Crippen molar-refractivity contribution < 1.29 is 14.3 Å². The first-order valence-corrected chi connectivity index (χ1v) is 6.39. The largest absolute Gasteiger partial charge is 0.466 e. The van der Waals surface area contributed by atoms with Crippen LogP contribution < -0.4 is 0 Å². The van der Waals surface area contributed by atoms with Gasteiger partial charge in [0.2, 0.25) is 5.75 Å². The first kappa shape index (κ1) is 13.5. The van der Waals surface area contributed by atoms with Crippen molar-refractivity contribution in [3.05, 3.63) is 0 Å². The number of hydrogen-bond acceptors (Lipinski definition) is 3. The first-order valence-electron chi connectivity index (χ1n) is 4.59. The number of carbonyl (C=O) groups is 2. The molecule has 0 heterocycles. The molecule has 1 atom stereocenters. The second kappa shape index (κ2) is 5.39. The summed E-state index contributed by atoms with van der Waals surface area (Å²) in [6, 6.07) is 0. The van der Waals surface area contributed by atoms with Crippen molar-refractivity contribution in [2.24, 2.45) is 0 Å². The van der Waals surface area contributed by atoms with Crippen molar-refractivity contribution in [1.29, 1.82) is 0 Å². The molecule has 82 valence electrons. The fourth-order valence-electron chi connectivity index (χ4n) is 1.04. The molecule has 0 aromatic carbocycles. The molecule has 0 aliphatic rings. The van der Waals surface area contributed by atoms with Gasteiger partial charge in [0.25, 0.3) is 0 Å². The van der Waals surface area contributed by atoms with E-state index >= 15 is 0 Å². The van der Waals surface area contributed by atoms with E-state index in [9.17, 15) is 9.59 Å². The van der Waals surface area contributed by atoms with Crippen molar-refractivity contribution >= 4 is 22.6 Å². The predicted octanol–water partition coefficient (Wildman–Crippen LogP) is 1.17. The summed E-state index contributed by atoms with van der Waals surface area (Å²) in [5.41, 5.74) is 0. The van der Waals surface area contributed by atoms with Crippen molar-refractivity contribution in [3.8, 4) is 0 Å². The monoisotopic (exact) mass is 219 g/mol. The fraction of sp³-hybridized carbons (Fsp3) is 0.800. The van der Waals surface area contributed by atoms with Crippen molar-refractivity contribution in [2.75, 3.05) is 19.1 Å². The molecule has 0 aliphatic heterocycles. The lowest BCUT2D eigenvalue weighted by Crippen LogP contribution is -2.42. The SMILES string of the molecule is CCC(=O)C(C)(C)[S+](C)CC(=O)OC. The van der Waals surface area contributed by atoms with Crippen LogP contribution in [0, 0.1) is 0 Å². The Morgan fingerprint density at radius 1 is 1.36 bits per heavy atom. The number of ketones is 1. The van der Waals surface area contributed by atoms with Crippen LogP contribution in [0.4, 0.5) is 0 Å². The molecule has 0 spiro atoms. The molecule has 0 aliphatic carbocycles. The van der Waals surface area contributed by atoms with Gasteiger partial charge in [-0.05, 0) is 13.8 Å². The Hall–Kier alpha value is -0.510.